The molecule has 88 valence electrons. The predicted octanol–water partition coefficient (Wildman–Crippen LogP) is 4.40. The zero-order valence-electron chi connectivity index (χ0n) is 10.5. The number of nitrogens with zero attached hydrogens (tertiary/aromatic N) is 1. The van der Waals surface area contributed by atoms with Gasteiger partial charge in [-0.1, -0.05) is 25.7 Å². The summed E-state index contributed by atoms with van der Waals surface area (Å²) in [5.41, 5.74) is 2.24. The zero-order valence-corrected chi connectivity index (χ0v) is 10.5. The first kappa shape index (κ1) is 14.6. The van der Waals surface area contributed by atoms with Gasteiger partial charge in [0, 0.05) is 13.3 Å². The van der Waals surface area contributed by atoms with Crippen LogP contribution in [0.3, 0.4) is 0 Å². The van der Waals surface area contributed by atoms with E-state index in [0.29, 0.717) is 5.57 Å². The van der Waals surface area contributed by atoms with Crippen molar-refractivity contribution in [3.63, 3.8) is 0 Å². The van der Waals surface area contributed by atoms with Crippen LogP contribution >= 0.6 is 0 Å². The van der Waals surface area contributed by atoms with Gasteiger partial charge in [-0.05, 0) is 43.1 Å². The predicted molar refractivity (Wildman–Crippen MR) is 70.6 cm³/mol. The lowest BCUT2D eigenvalue weighted by Gasteiger charge is -2.03. The summed E-state index contributed by atoms with van der Waals surface area (Å²) in [5.74, 6) is -0.239. The lowest BCUT2D eigenvalue weighted by Crippen LogP contribution is -1.90. The zero-order chi connectivity index (χ0) is 12.6. The van der Waals surface area contributed by atoms with Crippen LogP contribution < -0.4 is 0 Å². The van der Waals surface area contributed by atoms with Crippen molar-refractivity contribution in [3.05, 3.63) is 47.4 Å². The van der Waals surface area contributed by atoms with Gasteiger partial charge in [0.25, 0.3) is 0 Å². The number of allylic oxidation sites excluding steroid dienone is 7. The first-order valence-corrected chi connectivity index (χ1v) is 5.36. The van der Waals surface area contributed by atoms with E-state index in [1.165, 1.54) is 6.08 Å². The Balaban J connectivity index is 5.26. The van der Waals surface area contributed by atoms with Gasteiger partial charge in [-0.25, -0.2) is 4.39 Å². The maximum Gasteiger partial charge on any atom is 0.127 e. The van der Waals surface area contributed by atoms with E-state index in [4.69, 9.17) is 0 Å². The summed E-state index contributed by atoms with van der Waals surface area (Å²) in [4.78, 5) is 3.92. The minimum atomic E-state index is -0.239. The maximum absolute atomic E-state index is 13.8. The van der Waals surface area contributed by atoms with Crippen LogP contribution in [0, 0.1) is 0 Å². The molecule has 0 aliphatic carbocycles. The lowest BCUT2D eigenvalue weighted by molar-refractivity contribution is 0.656. The molecule has 0 fully saturated rings. The van der Waals surface area contributed by atoms with E-state index in [-0.39, 0.29) is 5.83 Å². The molecular formula is C14H20FN. The average Bonchev–Trinajstić information content (AvgIpc) is 2.27. The standard InChI is InChI=1S/C14H20FN/c1-6-8-13(10-16-5)12(4)14(15)9-11(3)7-2/h7-10H,2,6H2,1,3-5H3/b11-9-,13-8+,14-12-,16-10?. The molecule has 0 spiro atoms. The van der Waals surface area contributed by atoms with Gasteiger partial charge in [0.15, 0.2) is 0 Å². The molecule has 0 aromatic carbocycles. The van der Waals surface area contributed by atoms with Crippen LogP contribution in [0.1, 0.15) is 27.2 Å². The van der Waals surface area contributed by atoms with E-state index < -0.39 is 0 Å². The molecule has 0 saturated heterocycles. The molecule has 1 nitrogen and oxygen atoms in total. The van der Waals surface area contributed by atoms with Gasteiger partial charge >= 0.3 is 0 Å². The highest BCUT2D eigenvalue weighted by atomic mass is 19.1. The van der Waals surface area contributed by atoms with Gasteiger partial charge in [-0.2, -0.15) is 0 Å². The Morgan fingerprint density at radius 1 is 1.38 bits per heavy atom. The summed E-state index contributed by atoms with van der Waals surface area (Å²) in [6, 6.07) is 0. The van der Waals surface area contributed by atoms with Crippen molar-refractivity contribution in [1.82, 2.24) is 0 Å². The number of halogens is 1. The summed E-state index contributed by atoms with van der Waals surface area (Å²) in [7, 11) is 1.68. The maximum atomic E-state index is 13.8. The van der Waals surface area contributed by atoms with Crippen LogP contribution in [-0.2, 0) is 0 Å². The molecule has 0 atom stereocenters. The summed E-state index contributed by atoms with van der Waals surface area (Å²) in [6.45, 7) is 9.18. The molecule has 0 bridgehead atoms. The highest BCUT2D eigenvalue weighted by Crippen LogP contribution is 2.17. The second-order valence-corrected chi connectivity index (χ2v) is 3.52. The van der Waals surface area contributed by atoms with E-state index in [9.17, 15) is 4.39 Å². The fraction of sp³-hybridized carbons (Fsp3) is 0.357. The Labute approximate surface area is 97.8 Å². The molecule has 0 aromatic heterocycles. The molecule has 0 N–H and O–H groups in total. The van der Waals surface area contributed by atoms with Crippen LogP contribution in [0.2, 0.25) is 0 Å². The van der Waals surface area contributed by atoms with Crippen LogP contribution in [0.15, 0.2) is 52.3 Å². The van der Waals surface area contributed by atoms with E-state index in [2.05, 4.69) is 11.6 Å². The van der Waals surface area contributed by atoms with Gasteiger partial charge in [0.2, 0.25) is 0 Å². The first-order chi connectivity index (χ1) is 7.56. The summed E-state index contributed by atoms with van der Waals surface area (Å²) in [5, 5.41) is 0. The third-order valence-corrected chi connectivity index (χ3v) is 2.16. The van der Waals surface area contributed by atoms with E-state index in [1.54, 1.807) is 26.3 Å². The number of hydrogen-bond acceptors (Lipinski definition) is 1. The van der Waals surface area contributed by atoms with E-state index >= 15 is 0 Å². The average molecular weight is 221 g/mol. The van der Waals surface area contributed by atoms with Crippen LogP contribution in [0.5, 0.6) is 0 Å². The molecule has 0 radical (unpaired) electrons. The number of aliphatic imine (C=N–C) groups is 1. The molecule has 0 unspecified atom stereocenters. The lowest BCUT2D eigenvalue weighted by atomic mass is 10.1. The van der Waals surface area contributed by atoms with Gasteiger partial charge in [0.1, 0.15) is 5.83 Å². The van der Waals surface area contributed by atoms with E-state index in [0.717, 1.165) is 17.6 Å². The monoisotopic (exact) mass is 221 g/mol. The van der Waals surface area contributed by atoms with Crippen molar-refractivity contribution < 1.29 is 4.39 Å². The Morgan fingerprint density at radius 2 is 2.00 bits per heavy atom. The molecular weight excluding hydrogens is 201 g/mol. The largest absolute Gasteiger partial charge is 0.296 e. The van der Waals surface area contributed by atoms with Crippen molar-refractivity contribution in [2.75, 3.05) is 7.05 Å². The molecule has 0 aliphatic heterocycles. The van der Waals surface area contributed by atoms with Crippen molar-refractivity contribution in [1.29, 1.82) is 0 Å². The molecule has 0 aromatic rings. The van der Waals surface area contributed by atoms with E-state index in [1.807, 2.05) is 19.9 Å². The van der Waals surface area contributed by atoms with Crippen LogP contribution in [0.4, 0.5) is 4.39 Å². The number of rotatable bonds is 5. The molecule has 0 amide bonds. The molecule has 16 heavy (non-hydrogen) atoms. The summed E-state index contributed by atoms with van der Waals surface area (Å²) >= 11 is 0. The van der Waals surface area contributed by atoms with Crippen LogP contribution in [-0.4, -0.2) is 13.3 Å². The third kappa shape index (κ3) is 4.87. The van der Waals surface area contributed by atoms with Crippen molar-refractivity contribution in [2.24, 2.45) is 4.99 Å². The molecule has 0 aliphatic rings. The first-order valence-electron chi connectivity index (χ1n) is 5.36. The fourth-order valence-corrected chi connectivity index (χ4v) is 1.17. The second-order valence-electron chi connectivity index (χ2n) is 3.52. The quantitative estimate of drug-likeness (QED) is 0.482. The van der Waals surface area contributed by atoms with Crippen molar-refractivity contribution in [2.45, 2.75) is 27.2 Å². The molecule has 0 saturated carbocycles. The third-order valence-electron chi connectivity index (χ3n) is 2.16. The molecule has 2 heteroatoms. The SMILES string of the molecule is C=C\C(C)=C/C(F)=C(C)/C(C=NC)=C/CC. The Morgan fingerprint density at radius 3 is 2.44 bits per heavy atom. The van der Waals surface area contributed by atoms with Gasteiger partial charge < -0.3 is 0 Å². The molecule has 0 heterocycles. The normalized spacial score (nSPS) is 15.3. The number of hydrogen-bond donors (Lipinski definition) is 0. The minimum Gasteiger partial charge on any atom is -0.296 e. The van der Waals surface area contributed by atoms with Crippen LogP contribution in [0.25, 0.3) is 0 Å². The fourth-order valence-electron chi connectivity index (χ4n) is 1.17. The topological polar surface area (TPSA) is 12.4 Å². The Hall–Kier alpha value is -1.44. The highest BCUT2D eigenvalue weighted by Gasteiger charge is 2.03. The Bertz CT molecular complexity index is 357. The molecule has 0 rings (SSSR count). The Kier molecular flexibility index (Phi) is 7.10. The minimum absolute atomic E-state index is 0.239. The summed E-state index contributed by atoms with van der Waals surface area (Å²) in [6.07, 6.45) is 7.60. The van der Waals surface area contributed by atoms with Crippen molar-refractivity contribution >= 4 is 6.21 Å². The van der Waals surface area contributed by atoms with Gasteiger partial charge in [0.05, 0.1) is 0 Å². The van der Waals surface area contributed by atoms with Gasteiger partial charge in [-0.3, -0.25) is 4.99 Å². The van der Waals surface area contributed by atoms with Gasteiger partial charge in [-0.15, -0.1) is 0 Å². The highest BCUT2D eigenvalue weighted by molar-refractivity contribution is 5.84. The summed E-state index contributed by atoms with van der Waals surface area (Å²) < 4.78 is 13.8. The van der Waals surface area contributed by atoms with Crippen molar-refractivity contribution in [3.8, 4) is 0 Å². The smallest absolute Gasteiger partial charge is 0.127 e. The second kappa shape index (κ2) is 7.80.